The predicted octanol–water partition coefficient (Wildman–Crippen LogP) is 1.69. The molecule has 1 aliphatic heterocycles. The van der Waals surface area contributed by atoms with Crippen molar-refractivity contribution in [1.82, 2.24) is 0 Å². The van der Waals surface area contributed by atoms with Crippen LogP contribution in [0.2, 0.25) is 0 Å². The van der Waals surface area contributed by atoms with Gasteiger partial charge in [0, 0.05) is 5.54 Å². The van der Waals surface area contributed by atoms with E-state index in [4.69, 9.17) is 10.6 Å². The Labute approximate surface area is 100 Å². The molecule has 17 heavy (non-hydrogen) atoms. The van der Waals surface area contributed by atoms with Gasteiger partial charge in [-0.25, -0.2) is 0 Å². The fourth-order valence-corrected chi connectivity index (χ4v) is 2.39. The van der Waals surface area contributed by atoms with Crippen molar-refractivity contribution in [2.45, 2.75) is 31.2 Å². The van der Waals surface area contributed by atoms with Gasteiger partial charge in [-0.05, 0) is 37.0 Å². The number of rotatable bonds is 2. The Morgan fingerprint density at radius 1 is 1.24 bits per heavy atom. The van der Waals surface area contributed by atoms with Gasteiger partial charge in [0.1, 0.15) is 0 Å². The summed E-state index contributed by atoms with van der Waals surface area (Å²) in [6, 6.07) is 7.82. The summed E-state index contributed by atoms with van der Waals surface area (Å²) < 4.78 is 0. The van der Waals surface area contributed by atoms with Crippen LogP contribution in [0.1, 0.15) is 31.2 Å². The summed E-state index contributed by atoms with van der Waals surface area (Å²) in [4.78, 5) is 16.8. The van der Waals surface area contributed by atoms with Gasteiger partial charge in [0.05, 0.1) is 18.7 Å². The molecule has 0 spiro atoms. The van der Waals surface area contributed by atoms with E-state index in [1.165, 1.54) is 11.5 Å². The van der Waals surface area contributed by atoms with E-state index >= 15 is 0 Å². The normalized spacial score (nSPS) is 22.6. The number of hydroxylamine groups is 1. The molecular formula is C13H16N2O2. The number of anilines is 1. The Hall–Kier alpha value is -1.39. The summed E-state index contributed by atoms with van der Waals surface area (Å²) in [5.74, 6) is 0.0175. The molecule has 0 radical (unpaired) electrons. The van der Waals surface area contributed by atoms with E-state index in [0.717, 1.165) is 24.1 Å². The maximum absolute atomic E-state index is 11.5. The fraction of sp³-hybridized carbons (Fsp3) is 0.462. The number of carbonyl (C=O) groups excluding carboxylic acids is 1. The van der Waals surface area contributed by atoms with Crippen LogP contribution in [0.5, 0.6) is 0 Å². The van der Waals surface area contributed by atoms with Crippen LogP contribution >= 0.6 is 0 Å². The van der Waals surface area contributed by atoms with Gasteiger partial charge in [-0.2, -0.15) is 5.06 Å². The molecule has 1 heterocycles. The van der Waals surface area contributed by atoms with Crippen molar-refractivity contribution in [3.05, 3.63) is 29.8 Å². The Balaban J connectivity index is 1.82. The molecule has 2 N–H and O–H groups in total. The minimum Gasteiger partial charge on any atom is -0.321 e. The van der Waals surface area contributed by atoms with Gasteiger partial charge in [0.25, 0.3) is 5.91 Å². The van der Waals surface area contributed by atoms with E-state index in [1.54, 1.807) is 0 Å². The van der Waals surface area contributed by atoms with E-state index in [2.05, 4.69) is 0 Å². The highest BCUT2D eigenvalue weighted by atomic mass is 16.7. The average molecular weight is 232 g/mol. The molecule has 3 rings (SSSR count). The quantitative estimate of drug-likeness (QED) is 0.844. The van der Waals surface area contributed by atoms with Gasteiger partial charge in [0.2, 0.25) is 0 Å². The lowest BCUT2D eigenvalue weighted by molar-refractivity contribution is -0.119. The summed E-state index contributed by atoms with van der Waals surface area (Å²) in [6.07, 6.45) is 3.76. The van der Waals surface area contributed by atoms with Crippen molar-refractivity contribution >= 4 is 11.6 Å². The molecule has 1 saturated heterocycles. The van der Waals surface area contributed by atoms with Crippen LogP contribution in [-0.2, 0) is 15.2 Å². The van der Waals surface area contributed by atoms with Crippen molar-refractivity contribution in [2.75, 3.05) is 11.7 Å². The second-order valence-corrected chi connectivity index (χ2v) is 4.83. The first kappa shape index (κ1) is 10.7. The van der Waals surface area contributed by atoms with Crippen molar-refractivity contribution in [1.29, 1.82) is 0 Å². The van der Waals surface area contributed by atoms with Gasteiger partial charge < -0.3 is 5.73 Å². The third-order valence-electron chi connectivity index (χ3n) is 3.69. The van der Waals surface area contributed by atoms with Crippen molar-refractivity contribution in [3.8, 4) is 0 Å². The first-order chi connectivity index (χ1) is 8.19. The second-order valence-electron chi connectivity index (χ2n) is 4.83. The molecule has 1 aromatic carbocycles. The zero-order valence-corrected chi connectivity index (χ0v) is 9.69. The highest BCUT2D eigenvalue weighted by molar-refractivity contribution is 5.92. The molecule has 4 heteroatoms. The zero-order valence-electron chi connectivity index (χ0n) is 9.69. The predicted molar refractivity (Wildman–Crippen MR) is 64.2 cm³/mol. The van der Waals surface area contributed by atoms with Gasteiger partial charge >= 0.3 is 0 Å². The lowest BCUT2D eigenvalue weighted by Gasteiger charge is -2.38. The van der Waals surface area contributed by atoms with E-state index in [0.29, 0.717) is 13.0 Å². The number of carbonyl (C=O) groups is 1. The van der Waals surface area contributed by atoms with Crippen LogP contribution in [0.3, 0.4) is 0 Å². The lowest BCUT2D eigenvalue weighted by atomic mass is 9.73. The molecular weight excluding hydrogens is 216 g/mol. The molecule has 0 aromatic heterocycles. The van der Waals surface area contributed by atoms with Gasteiger partial charge in [0.15, 0.2) is 0 Å². The SMILES string of the molecule is NC1(c2ccc(N3OCCC3=O)cc2)CCC1. The average Bonchev–Trinajstić information content (AvgIpc) is 2.73. The molecule has 2 aliphatic rings. The van der Waals surface area contributed by atoms with E-state index in [1.807, 2.05) is 24.3 Å². The van der Waals surface area contributed by atoms with Gasteiger partial charge in [-0.3, -0.25) is 9.63 Å². The zero-order chi connectivity index (χ0) is 11.9. The Bertz CT molecular complexity index is 437. The summed E-state index contributed by atoms with van der Waals surface area (Å²) in [6.45, 7) is 0.474. The number of hydrogen-bond donors (Lipinski definition) is 1. The van der Waals surface area contributed by atoms with Crippen LogP contribution in [0.4, 0.5) is 5.69 Å². The minimum atomic E-state index is -0.144. The first-order valence-electron chi connectivity index (χ1n) is 6.04. The molecule has 1 amide bonds. The number of nitrogens with two attached hydrogens (primary N) is 1. The smallest absolute Gasteiger partial charge is 0.253 e. The summed E-state index contributed by atoms with van der Waals surface area (Å²) in [7, 11) is 0. The first-order valence-corrected chi connectivity index (χ1v) is 6.04. The second kappa shape index (κ2) is 3.82. The Kier molecular flexibility index (Phi) is 2.42. The maximum Gasteiger partial charge on any atom is 0.253 e. The fourth-order valence-electron chi connectivity index (χ4n) is 2.39. The van der Waals surface area contributed by atoms with Crippen molar-refractivity contribution < 1.29 is 9.63 Å². The highest BCUT2D eigenvalue weighted by Gasteiger charge is 2.34. The summed E-state index contributed by atoms with van der Waals surface area (Å²) in [5, 5.41) is 1.37. The van der Waals surface area contributed by atoms with Crippen LogP contribution in [-0.4, -0.2) is 12.5 Å². The standard InChI is InChI=1S/C13H16N2O2/c14-13(7-1-8-13)10-2-4-11(5-3-10)15-12(16)6-9-17-15/h2-5H,1,6-9,14H2. The molecule has 2 fully saturated rings. The van der Waals surface area contributed by atoms with E-state index in [9.17, 15) is 4.79 Å². The topological polar surface area (TPSA) is 55.6 Å². The van der Waals surface area contributed by atoms with Gasteiger partial charge in [-0.15, -0.1) is 0 Å². The largest absolute Gasteiger partial charge is 0.321 e. The molecule has 90 valence electrons. The van der Waals surface area contributed by atoms with Crippen LogP contribution in [0.15, 0.2) is 24.3 Å². The number of benzene rings is 1. The number of hydrogen-bond acceptors (Lipinski definition) is 3. The number of amides is 1. The van der Waals surface area contributed by atoms with E-state index < -0.39 is 0 Å². The summed E-state index contributed by atoms with van der Waals surface area (Å²) in [5.41, 5.74) is 8.04. The van der Waals surface area contributed by atoms with Crippen LogP contribution in [0.25, 0.3) is 0 Å². The molecule has 4 nitrogen and oxygen atoms in total. The molecule has 1 aliphatic carbocycles. The molecule has 0 atom stereocenters. The Morgan fingerprint density at radius 2 is 1.94 bits per heavy atom. The maximum atomic E-state index is 11.5. The van der Waals surface area contributed by atoms with Crippen molar-refractivity contribution in [3.63, 3.8) is 0 Å². The minimum absolute atomic E-state index is 0.0175. The van der Waals surface area contributed by atoms with Crippen LogP contribution < -0.4 is 10.8 Å². The Morgan fingerprint density at radius 3 is 2.41 bits per heavy atom. The monoisotopic (exact) mass is 232 g/mol. The molecule has 1 saturated carbocycles. The third-order valence-corrected chi connectivity index (χ3v) is 3.69. The third kappa shape index (κ3) is 1.73. The van der Waals surface area contributed by atoms with Crippen LogP contribution in [0, 0.1) is 0 Å². The van der Waals surface area contributed by atoms with Gasteiger partial charge in [-0.1, -0.05) is 12.1 Å². The highest BCUT2D eigenvalue weighted by Crippen LogP contribution is 2.39. The molecule has 1 aromatic rings. The summed E-state index contributed by atoms with van der Waals surface area (Å²) >= 11 is 0. The van der Waals surface area contributed by atoms with Crippen molar-refractivity contribution in [2.24, 2.45) is 5.73 Å². The molecule has 0 bridgehead atoms. The lowest BCUT2D eigenvalue weighted by Crippen LogP contribution is -2.43. The number of nitrogens with zero attached hydrogens (tertiary/aromatic N) is 1. The van der Waals surface area contributed by atoms with E-state index in [-0.39, 0.29) is 11.4 Å². The molecule has 0 unspecified atom stereocenters.